The van der Waals surface area contributed by atoms with Gasteiger partial charge < -0.3 is 5.32 Å². The smallest absolute Gasteiger partial charge is 0.282 e. The standard InChI is InChI=1S/C19H30N2O3/c1-2-3-4-5-6-7-8-9-10-13-16-20-19(22)17-14-11-12-15-18(17)21(23)24/h11-12,14-15H,2-10,13,16H2,1H3,(H,20,22). The maximum Gasteiger partial charge on any atom is 0.282 e. The van der Waals surface area contributed by atoms with Gasteiger partial charge in [0.05, 0.1) is 4.92 Å². The number of unbranched alkanes of at least 4 members (excludes halogenated alkanes) is 9. The van der Waals surface area contributed by atoms with Crippen molar-refractivity contribution in [3.63, 3.8) is 0 Å². The molecular weight excluding hydrogens is 304 g/mol. The van der Waals surface area contributed by atoms with Crippen LogP contribution in [-0.2, 0) is 0 Å². The normalized spacial score (nSPS) is 10.5. The predicted molar refractivity (Wildman–Crippen MR) is 97.3 cm³/mol. The van der Waals surface area contributed by atoms with Crippen molar-refractivity contribution in [3.05, 3.63) is 39.9 Å². The van der Waals surface area contributed by atoms with Gasteiger partial charge in [0, 0.05) is 12.6 Å². The number of carbonyl (C=O) groups is 1. The Morgan fingerprint density at radius 3 is 2.08 bits per heavy atom. The minimum absolute atomic E-state index is 0.134. The van der Waals surface area contributed by atoms with Crippen LogP contribution in [0.3, 0.4) is 0 Å². The molecule has 5 heteroatoms. The quantitative estimate of drug-likeness (QED) is 0.304. The van der Waals surface area contributed by atoms with Crippen LogP contribution in [-0.4, -0.2) is 17.4 Å². The molecule has 0 fully saturated rings. The Hall–Kier alpha value is -1.91. The van der Waals surface area contributed by atoms with Gasteiger partial charge in [-0.25, -0.2) is 0 Å². The molecule has 24 heavy (non-hydrogen) atoms. The summed E-state index contributed by atoms with van der Waals surface area (Å²) in [6, 6.07) is 6.06. The highest BCUT2D eigenvalue weighted by Crippen LogP contribution is 2.17. The fraction of sp³-hybridized carbons (Fsp3) is 0.632. The topological polar surface area (TPSA) is 72.2 Å². The second-order valence-electron chi connectivity index (χ2n) is 6.21. The van der Waals surface area contributed by atoms with Gasteiger partial charge in [0.2, 0.25) is 0 Å². The molecule has 1 aromatic rings. The monoisotopic (exact) mass is 334 g/mol. The molecular formula is C19H30N2O3. The zero-order valence-electron chi connectivity index (χ0n) is 14.8. The van der Waals surface area contributed by atoms with Gasteiger partial charge in [0.25, 0.3) is 11.6 Å². The Morgan fingerprint density at radius 2 is 1.50 bits per heavy atom. The molecule has 0 unspecified atom stereocenters. The van der Waals surface area contributed by atoms with E-state index in [2.05, 4.69) is 12.2 Å². The third-order valence-electron chi connectivity index (χ3n) is 4.16. The first-order chi connectivity index (χ1) is 11.7. The summed E-state index contributed by atoms with van der Waals surface area (Å²) in [6.07, 6.45) is 12.4. The van der Waals surface area contributed by atoms with Crippen LogP contribution in [0.1, 0.15) is 81.5 Å². The number of carbonyl (C=O) groups excluding carboxylic acids is 1. The molecule has 5 nitrogen and oxygen atoms in total. The summed E-state index contributed by atoms with van der Waals surface area (Å²) in [5, 5.41) is 13.7. The molecule has 0 spiro atoms. The molecule has 1 amide bonds. The maximum atomic E-state index is 12.0. The van der Waals surface area contributed by atoms with E-state index in [1.807, 2.05) is 0 Å². The van der Waals surface area contributed by atoms with Crippen LogP contribution >= 0.6 is 0 Å². The number of nitro groups is 1. The molecule has 1 N–H and O–H groups in total. The summed E-state index contributed by atoms with van der Waals surface area (Å²) >= 11 is 0. The van der Waals surface area contributed by atoms with Gasteiger partial charge in [0.15, 0.2) is 0 Å². The molecule has 1 aromatic carbocycles. The van der Waals surface area contributed by atoms with E-state index in [1.165, 1.54) is 63.5 Å². The van der Waals surface area contributed by atoms with E-state index in [9.17, 15) is 14.9 Å². The van der Waals surface area contributed by atoms with Gasteiger partial charge in [-0.1, -0.05) is 76.8 Å². The van der Waals surface area contributed by atoms with Crippen LogP contribution in [0.25, 0.3) is 0 Å². The molecule has 0 bridgehead atoms. The zero-order chi connectivity index (χ0) is 17.6. The molecule has 0 aliphatic carbocycles. The van der Waals surface area contributed by atoms with E-state index in [-0.39, 0.29) is 17.2 Å². The average Bonchev–Trinajstić information content (AvgIpc) is 2.59. The van der Waals surface area contributed by atoms with Gasteiger partial charge in [0.1, 0.15) is 5.56 Å². The lowest BCUT2D eigenvalue weighted by Gasteiger charge is -2.06. The zero-order valence-corrected chi connectivity index (χ0v) is 14.8. The molecule has 0 saturated carbocycles. The molecule has 0 aliphatic heterocycles. The number of hydrogen-bond donors (Lipinski definition) is 1. The Bertz CT molecular complexity index is 503. The average molecular weight is 334 g/mol. The van der Waals surface area contributed by atoms with E-state index in [0.29, 0.717) is 6.54 Å². The molecule has 0 radical (unpaired) electrons. The van der Waals surface area contributed by atoms with Crippen molar-refractivity contribution < 1.29 is 9.72 Å². The molecule has 1 rings (SSSR count). The Balaban J connectivity index is 2.09. The van der Waals surface area contributed by atoms with Crippen LogP contribution in [0.2, 0.25) is 0 Å². The number of nitrogens with one attached hydrogen (secondary N) is 1. The minimum atomic E-state index is -0.518. The highest BCUT2D eigenvalue weighted by Gasteiger charge is 2.18. The van der Waals surface area contributed by atoms with Crippen LogP contribution in [0.5, 0.6) is 0 Å². The molecule has 0 atom stereocenters. The number of amides is 1. The number of nitro benzene ring substituents is 1. The van der Waals surface area contributed by atoms with Gasteiger partial charge >= 0.3 is 0 Å². The molecule has 0 saturated heterocycles. The lowest BCUT2D eigenvalue weighted by atomic mass is 10.1. The molecule has 0 aromatic heterocycles. The third-order valence-corrected chi connectivity index (χ3v) is 4.16. The van der Waals surface area contributed by atoms with Crippen LogP contribution in [0.15, 0.2) is 24.3 Å². The van der Waals surface area contributed by atoms with Crippen LogP contribution in [0.4, 0.5) is 5.69 Å². The molecule has 0 aliphatic rings. The highest BCUT2D eigenvalue weighted by atomic mass is 16.6. The van der Waals surface area contributed by atoms with Crippen LogP contribution < -0.4 is 5.32 Å². The first-order valence-corrected chi connectivity index (χ1v) is 9.18. The van der Waals surface area contributed by atoms with Gasteiger partial charge in [-0.2, -0.15) is 0 Å². The summed E-state index contributed by atoms with van der Waals surface area (Å²) in [5.74, 6) is -0.363. The Morgan fingerprint density at radius 1 is 0.958 bits per heavy atom. The summed E-state index contributed by atoms with van der Waals surface area (Å²) in [5.41, 5.74) is -0.00680. The van der Waals surface area contributed by atoms with Crippen molar-refractivity contribution in [1.29, 1.82) is 0 Å². The fourth-order valence-corrected chi connectivity index (χ4v) is 2.73. The van der Waals surface area contributed by atoms with Gasteiger partial charge in [-0.15, -0.1) is 0 Å². The third kappa shape index (κ3) is 8.09. The fourth-order valence-electron chi connectivity index (χ4n) is 2.73. The second-order valence-corrected chi connectivity index (χ2v) is 6.21. The number of hydrogen-bond acceptors (Lipinski definition) is 3. The largest absolute Gasteiger partial charge is 0.352 e. The lowest BCUT2D eigenvalue weighted by Crippen LogP contribution is -2.25. The van der Waals surface area contributed by atoms with E-state index in [1.54, 1.807) is 12.1 Å². The summed E-state index contributed by atoms with van der Waals surface area (Å²) < 4.78 is 0. The number of benzene rings is 1. The maximum absolute atomic E-state index is 12.0. The Labute approximate surface area is 145 Å². The molecule has 0 heterocycles. The van der Waals surface area contributed by atoms with Crippen molar-refractivity contribution >= 4 is 11.6 Å². The van der Waals surface area contributed by atoms with E-state index in [0.717, 1.165) is 12.8 Å². The molecule has 134 valence electrons. The first kappa shape index (κ1) is 20.1. The van der Waals surface area contributed by atoms with Crippen molar-refractivity contribution in [1.82, 2.24) is 5.32 Å². The van der Waals surface area contributed by atoms with E-state index >= 15 is 0 Å². The van der Waals surface area contributed by atoms with Crippen molar-refractivity contribution in [3.8, 4) is 0 Å². The SMILES string of the molecule is CCCCCCCCCCCCNC(=O)c1ccccc1[N+](=O)[O-]. The van der Waals surface area contributed by atoms with Crippen LogP contribution in [0, 0.1) is 10.1 Å². The lowest BCUT2D eigenvalue weighted by molar-refractivity contribution is -0.385. The van der Waals surface area contributed by atoms with Gasteiger partial charge in [-0.3, -0.25) is 14.9 Å². The minimum Gasteiger partial charge on any atom is -0.352 e. The van der Waals surface area contributed by atoms with Gasteiger partial charge in [-0.05, 0) is 12.5 Å². The summed E-state index contributed by atoms with van der Waals surface area (Å²) in [6.45, 7) is 2.80. The predicted octanol–water partition coefficient (Wildman–Crippen LogP) is 5.25. The summed E-state index contributed by atoms with van der Waals surface area (Å²) in [7, 11) is 0. The Kier molecular flexibility index (Phi) is 10.5. The first-order valence-electron chi connectivity index (χ1n) is 9.18. The second kappa shape index (κ2) is 12.5. The van der Waals surface area contributed by atoms with E-state index in [4.69, 9.17) is 0 Å². The highest BCUT2D eigenvalue weighted by molar-refractivity contribution is 5.98. The van der Waals surface area contributed by atoms with Crippen molar-refractivity contribution in [2.75, 3.05) is 6.54 Å². The van der Waals surface area contributed by atoms with Crippen molar-refractivity contribution in [2.45, 2.75) is 71.1 Å². The number of rotatable bonds is 13. The number of nitrogens with zero attached hydrogens (tertiary/aromatic N) is 1. The number of para-hydroxylation sites is 1. The summed E-state index contributed by atoms with van der Waals surface area (Å²) in [4.78, 5) is 22.4. The van der Waals surface area contributed by atoms with Crippen molar-refractivity contribution in [2.24, 2.45) is 0 Å². The van der Waals surface area contributed by atoms with E-state index < -0.39 is 4.92 Å².